The first-order valence-electron chi connectivity index (χ1n) is 14.3. The monoisotopic (exact) mass is 563 g/mol. The molecular formula is C30H49N3O7. The van der Waals surface area contributed by atoms with E-state index in [1.807, 2.05) is 13.8 Å². The lowest BCUT2D eigenvalue weighted by molar-refractivity contribution is -0.145. The van der Waals surface area contributed by atoms with Gasteiger partial charge in [-0.25, -0.2) is 4.79 Å². The zero-order chi connectivity index (χ0) is 30.3. The van der Waals surface area contributed by atoms with Crippen LogP contribution >= 0.6 is 0 Å². The number of ether oxygens (including phenoxy) is 2. The van der Waals surface area contributed by atoms with Gasteiger partial charge in [0.1, 0.15) is 30.0 Å². The summed E-state index contributed by atoms with van der Waals surface area (Å²) in [5.74, 6) is -2.22. The van der Waals surface area contributed by atoms with E-state index in [0.717, 1.165) is 32.1 Å². The Hall–Kier alpha value is -3.30. The summed E-state index contributed by atoms with van der Waals surface area (Å²) in [5.41, 5.74) is -0.554. The highest BCUT2D eigenvalue weighted by Crippen LogP contribution is 2.31. The van der Waals surface area contributed by atoms with Gasteiger partial charge < -0.3 is 30.1 Å². The maximum absolute atomic E-state index is 14.2. The fourth-order valence-electron chi connectivity index (χ4n) is 4.22. The molecule has 3 atom stereocenters. The number of phenols is 1. The van der Waals surface area contributed by atoms with Gasteiger partial charge >= 0.3 is 12.1 Å². The fourth-order valence-corrected chi connectivity index (χ4v) is 4.22. The van der Waals surface area contributed by atoms with Crippen LogP contribution in [0.4, 0.5) is 4.79 Å². The van der Waals surface area contributed by atoms with Crippen molar-refractivity contribution in [3.05, 3.63) is 29.8 Å². The van der Waals surface area contributed by atoms with Crippen LogP contribution in [0.15, 0.2) is 24.3 Å². The Morgan fingerprint density at radius 3 is 2.20 bits per heavy atom. The predicted octanol–water partition coefficient (Wildman–Crippen LogP) is 4.85. The Bertz CT molecular complexity index is 961. The van der Waals surface area contributed by atoms with Crippen molar-refractivity contribution in [2.24, 2.45) is 5.92 Å². The number of para-hydroxylation sites is 1. The number of unbranched alkanes of at least 4 members (excludes halogenated alkanes) is 5. The van der Waals surface area contributed by atoms with E-state index in [2.05, 4.69) is 22.3 Å². The van der Waals surface area contributed by atoms with Crippen LogP contribution in [0.2, 0.25) is 0 Å². The van der Waals surface area contributed by atoms with Gasteiger partial charge in [0.25, 0.3) is 0 Å². The number of phenolic OH excluding ortho intramolecular Hbond substituents is 1. The SMILES string of the molecule is CCCCCCCCN(C(=O)C(NC(=O)OC(C)(C)C)C(C)CC)C(C(=O)NCC(=O)OC)c1ccccc1O. The van der Waals surface area contributed by atoms with Crippen LogP contribution < -0.4 is 10.6 Å². The molecule has 0 heterocycles. The number of rotatable bonds is 16. The van der Waals surface area contributed by atoms with E-state index < -0.39 is 48.1 Å². The van der Waals surface area contributed by atoms with E-state index in [0.29, 0.717) is 12.8 Å². The van der Waals surface area contributed by atoms with Crippen molar-refractivity contribution in [3.63, 3.8) is 0 Å². The fraction of sp³-hybridized carbons (Fsp3) is 0.667. The molecule has 0 aliphatic rings. The molecule has 10 nitrogen and oxygen atoms in total. The third kappa shape index (κ3) is 11.8. The minimum atomic E-state index is -1.25. The van der Waals surface area contributed by atoms with Crippen LogP contribution in [0.25, 0.3) is 0 Å². The molecule has 0 aliphatic heterocycles. The molecule has 3 amide bonds. The molecule has 0 aromatic heterocycles. The number of aromatic hydroxyl groups is 1. The summed E-state index contributed by atoms with van der Waals surface area (Å²) in [5, 5.41) is 16.0. The Labute approximate surface area is 239 Å². The van der Waals surface area contributed by atoms with Crippen LogP contribution in [0, 0.1) is 5.92 Å². The first-order chi connectivity index (χ1) is 18.9. The quantitative estimate of drug-likeness (QED) is 0.193. The number of hydrogen-bond acceptors (Lipinski definition) is 7. The minimum absolute atomic E-state index is 0.165. The summed E-state index contributed by atoms with van der Waals surface area (Å²) in [6.07, 6.45) is 5.58. The second-order valence-corrected chi connectivity index (χ2v) is 11.1. The number of amides is 3. The molecule has 1 aromatic carbocycles. The average Bonchev–Trinajstić information content (AvgIpc) is 2.90. The summed E-state index contributed by atoms with van der Waals surface area (Å²) in [7, 11) is 1.21. The Kier molecular flexibility index (Phi) is 15.1. The van der Waals surface area contributed by atoms with Gasteiger partial charge in [0.2, 0.25) is 11.8 Å². The van der Waals surface area contributed by atoms with Crippen molar-refractivity contribution >= 4 is 23.9 Å². The molecule has 0 bridgehead atoms. The van der Waals surface area contributed by atoms with Crippen LogP contribution in [0.5, 0.6) is 5.75 Å². The number of carbonyl (C=O) groups is 4. The molecule has 0 spiro atoms. The van der Waals surface area contributed by atoms with E-state index in [9.17, 15) is 24.3 Å². The summed E-state index contributed by atoms with van der Waals surface area (Å²) >= 11 is 0. The molecule has 1 rings (SSSR count). The molecule has 0 radical (unpaired) electrons. The van der Waals surface area contributed by atoms with Gasteiger partial charge in [0.15, 0.2) is 0 Å². The van der Waals surface area contributed by atoms with Crippen molar-refractivity contribution in [1.82, 2.24) is 15.5 Å². The number of nitrogens with one attached hydrogen (secondary N) is 2. The minimum Gasteiger partial charge on any atom is -0.508 e. The molecular weight excluding hydrogens is 514 g/mol. The molecule has 10 heteroatoms. The molecule has 0 saturated carbocycles. The molecule has 40 heavy (non-hydrogen) atoms. The summed E-state index contributed by atoms with van der Waals surface area (Å²) in [6.45, 7) is 10.9. The molecule has 1 aromatic rings. The smallest absolute Gasteiger partial charge is 0.408 e. The first-order valence-corrected chi connectivity index (χ1v) is 14.3. The van der Waals surface area contributed by atoms with Crippen molar-refractivity contribution in [2.45, 2.75) is 104 Å². The first kappa shape index (κ1) is 34.7. The van der Waals surface area contributed by atoms with Crippen molar-refractivity contribution in [3.8, 4) is 5.75 Å². The molecule has 0 aliphatic carbocycles. The number of methoxy groups -OCH3 is 1. The van der Waals surface area contributed by atoms with E-state index in [1.165, 1.54) is 18.1 Å². The Morgan fingerprint density at radius 2 is 1.62 bits per heavy atom. The highest BCUT2D eigenvalue weighted by molar-refractivity contribution is 5.93. The van der Waals surface area contributed by atoms with E-state index >= 15 is 0 Å². The number of benzene rings is 1. The number of hydrogen-bond donors (Lipinski definition) is 3. The highest BCUT2D eigenvalue weighted by Gasteiger charge is 2.39. The topological polar surface area (TPSA) is 134 Å². The predicted molar refractivity (Wildman–Crippen MR) is 154 cm³/mol. The van der Waals surface area contributed by atoms with Gasteiger partial charge in [-0.1, -0.05) is 77.5 Å². The maximum Gasteiger partial charge on any atom is 0.408 e. The van der Waals surface area contributed by atoms with Gasteiger partial charge in [-0.3, -0.25) is 14.4 Å². The van der Waals surface area contributed by atoms with E-state index in [-0.39, 0.29) is 23.8 Å². The Balaban J connectivity index is 3.49. The standard InChI is InChI=1S/C30H49N3O7/c1-8-10-11-12-13-16-19-33(28(37)25(21(3)9-2)32-29(38)40-30(4,5)6)26(22-17-14-15-18-23(22)34)27(36)31-20-24(35)39-7/h14-15,17-18,21,25-26,34H,8-13,16,19-20H2,1-7H3,(H,31,36)(H,32,38). The maximum atomic E-state index is 14.2. The number of alkyl carbamates (subject to hydrolysis) is 1. The average molecular weight is 564 g/mol. The lowest BCUT2D eigenvalue weighted by Gasteiger charge is -2.36. The zero-order valence-electron chi connectivity index (χ0n) is 25.2. The van der Waals surface area contributed by atoms with E-state index in [4.69, 9.17) is 4.74 Å². The number of esters is 1. The van der Waals surface area contributed by atoms with Crippen molar-refractivity contribution in [1.29, 1.82) is 0 Å². The summed E-state index contributed by atoms with van der Waals surface area (Å²) < 4.78 is 10.1. The third-order valence-corrected chi connectivity index (χ3v) is 6.61. The molecule has 3 unspecified atom stereocenters. The molecule has 3 N–H and O–H groups in total. The second-order valence-electron chi connectivity index (χ2n) is 11.1. The largest absolute Gasteiger partial charge is 0.508 e. The lowest BCUT2D eigenvalue weighted by Crippen LogP contribution is -2.55. The zero-order valence-corrected chi connectivity index (χ0v) is 25.2. The van der Waals surface area contributed by atoms with E-state index in [1.54, 1.807) is 39.0 Å². The van der Waals surface area contributed by atoms with Crippen LogP contribution in [-0.4, -0.2) is 65.7 Å². The third-order valence-electron chi connectivity index (χ3n) is 6.61. The lowest BCUT2D eigenvalue weighted by atomic mass is 9.95. The number of carbonyl (C=O) groups excluding carboxylic acids is 4. The van der Waals surface area contributed by atoms with Crippen molar-refractivity contribution in [2.75, 3.05) is 20.2 Å². The van der Waals surface area contributed by atoms with Gasteiger partial charge in [-0.05, 0) is 39.2 Å². The normalized spacial score (nSPS) is 13.5. The van der Waals surface area contributed by atoms with Crippen LogP contribution in [0.1, 0.15) is 98.1 Å². The van der Waals surface area contributed by atoms with Gasteiger partial charge in [-0.2, -0.15) is 0 Å². The highest BCUT2D eigenvalue weighted by atomic mass is 16.6. The van der Waals surface area contributed by atoms with Gasteiger partial charge in [0.05, 0.1) is 7.11 Å². The van der Waals surface area contributed by atoms with Gasteiger partial charge in [0, 0.05) is 12.1 Å². The van der Waals surface area contributed by atoms with Crippen LogP contribution in [-0.2, 0) is 23.9 Å². The van der Waals surface area contributed by atoms with Crippen molar-refractivity contribution < 1.29 is 33.8 Å². The summed E-state index contributed by atoms with van der Waals surface area (Å²) in [6, 6.07) is 4.05. The van der Waals surface area contributed by atoms with Gasteiger partial charge in [-0.15, -0.1) is 0 Å². The molecule has 226 valence electrons. The summed E-state index contributed by atoms with van der Waals surface area (Å²) in [4.78, 5) is 53.7. The Morgan fingerprint density at radius 1 is 1.00 bits per heavy atom. The molecule has 0 saturated heterocycles. The molecule has 0 fully saturated rings. The number of nitrogens with zero attached hydrogens (tertiary/aromatic N) is 1. The second kappa shape index (κ2) is 17.4. The van der Waals surface area contributed by atoms with Crippen LogP contribution in [0.3, 0.4) is 0 Å².